The molecule has 3 nitrogen and oxygen atoms in total. The van der Waals surface area contributed by atoms with E-state index in [9.17, 15) is 9.90 Å². The van der Waals surface area contributed by atoms with E-state index in [1.165, 1.54) is 0 Å². The molecule has 0 saturated carbocycles. The van der Waals surface area contributed by atoms with Gasteiger partial charge in [0.25, 0.3) is 0 Å². The molecular weight excluding hydrogens is 238 g/mol. The number of hydrogen-bond donors (Lipinski definition) is 1. The lowest BCUT2D eigenvalue weighted by Gasteiger charge is -2.25. The van der Waals surface area contributed by atoms with Gasteiger partial charge >= 0.3 is 5.97 Å². The van der Waals surface area contributed by atoms with Gasteiger partial charge in [0, 0.05) is 6.54 Å². The molecule has 0 spiro atoms. The summed E-state index contributed by atoms with van der Waals surface area (Å²) in [6, 6.07) is 18.6. The average Bonchev–Trinajstić information content (AvgIpc) is 2.40. The highest BCUT2D eigenvalue weighted by Crippen LogP contribution is 2.21. The lowest BCUT2D eigenvalue weighted by atomic mass is 10.1. The molecule has 0 unspecified atom stereocenters. The summed E-state index contributed by atoms with van der Waals surface area (Å²) >= 11 is 0. The number of rotatable bonds is 5. The fourth-order valence-electron chi connectivity index (χ4n) is 2.18. The van der Waals surface area contributed by atoms with Crippen LogP contribution in [0, 0.1) is 0 Å². The van der Waals surface area contributed by atoms with Crippen LogP contribution < -0.4 is 0 Å². The summed E-state index contributed by atoms with van der Waals surface area (Å²) < 4.78 is 0. The second kappa shape index (κ2) is 6.16. The topological polar surface area (TPSA) is 40.5 Å². The number of carboxylic acids is 1. The zero-order chi connectivity index (χ0) is 13.7. The number of nitrogens with zero attached hydrogens (tertiary/aromatic N) is 1. The molecule has 0 radical (unpaired) electrons. The van der Waals surface area contributed by atoms with Crippen molar-refractivity contribution < 1.29 is 9.90 Å². The number of carboxylic acid groups (broad SMARTS) is 1. The number of benzene rings is 2. The van der Waals surface area contributed by atoms with Crippen molar-refractivity contribution in [3.05, 3.63) is 71.8 Å². The predicted octanol–water partition coefficient (Wildman–Crippen LogP) is 2.94. The van der Waals surface area contributed by atoms with Crippen molar-refractivity contribution in [2.24, 2.45) is 0 Å². The van der Waals surface area contributed by atoms with Gasteiger partial charge in [-0.15, -0.1) is 0 Å². The third-order valence-electron chi connectivity index (χ3n) is 3.06. The van der Waals surface area contributed by atoms with Gasteiger partial charge in [-0.2, -0.15) is 0 Å². The maximum Gasteiger partial charge on any atom is 0.325 e. The predicted molar refractivity (Wildman–Crippen MR) is 74.7 cm³/mol. The van der Waals surface area contributed by atoms with Crippen LogP contribution in [0.3, 0.4) is 0 Å². The number of aliphatic carboxylic acids is 1. The van der Waals surface area contributed by atoms with Crippen molar-refractivity contribution in [1.82, 2.24) is 4.90 Å². The van der Waals surface area contributed by atoms with Gasteiger partial charge in [0.2, 0.25) is 0 Å². The molecule has 0 aliphatic carbocycles. The second-order valence-electron chi connectivity index (χ2n) is 4.55. The fraction of sp³-hybridized carbons (Fsp3) is 0.188. The Kier molecular flexibility index (Phi) is 4.31. The molecule has 2 aromatic rings. The van der Waals surface area contributed by atoms with Gasteiger partial charge in [0.1, 0.15) is 6.04 Å². The molecule has 2 rings (SSSR count). The van der Waals surface area contributed by atoms with Gasteiger partial charge in [-0.3, -0.25) is 9.69 Å². The van der Waals surface area contributed by atoms with Gasteiger partial charge in [-0.25, -0.2) is 0 Å². The Hall–Kier alpha value is -2.13. The molecule has 0 saturated heterocycles. The van der Waals surface area contributed by atoms with Crippen molar-refractivity contribution in [3.63, 3.8) is 0 Å². The summed E-state index contributed by atoms with van der Waals surface area (Å²) in [5, 5.41) is 9.43. The van der Waals surface area contributed by atoms with Crippen molar-refractivity contribution in [2.75, 3.05) is 7.05 Å². The first kappa shape index (κ1) is 13.3. The van der Waals surface area contributed by atoms with Crippen molar-refractivity contribution in [1.29, 1.82) is 0 Å². The Bertz CT molecular complexity index is 525. The molecule has 0 aliphatic heterocycles. The monoisotopic (exact) mass is 255 g/mol. The van der Waals surface area contributed by atoms with Crippen molar-refractivity contribution in [2.45, 2.75) is 12.6 Å². The molecular formula is C16H17NO2. The molecule has 0 aliphatic rings. The van der Waals surface area contributed by atoms with Crippen molar-refractivity contribution in [3.8, 4) is 0 Å². The fourth-order valence-corrected chi connectivity index (χ4v) is 2.18. The van der Waals surface area contributed by atoms with E-state index in [1.807, 2.05) is 72.6 Å². The molecule has 0 aromatic heterocycles. The Morgan fingerprint density at radius 3 is 2.11 bits per heavy atom. The average molecular weight is 255 g/mol. The summed E-state index contributed by atoms with van der Waals surface area (Å²) in [5.74, 6) is -0.829. The van der Waals surface area contributed by atoms with Crippen molar-refractivity contribution >= 4 is 5.97 Å². The highest BCUT2D eigenvalue weighted by molar-refractivity contribution is 5.75. The minimum atomic E-state index is -0.829. The quantitative estimate of drug-likeness (QED) is 0.893. The molecule has 0 heterocycles. The molecule has 0 fully saturated rings. The van der Waals surface area contributed by atoms with Crippen LogP contribution in [0.1, 0.15) is 17.2 Å². The van der Waals surface area contributed by atoms with Crippen LogP contribution in [0.2, 0.25) is 0 Å². The van der Waals surface area contributed by atoms with Crippen LogP contribution >= 0.6 is 0 Å². The lowest BCUT2D eigenvalue weighted by molar-refractivity contribution is -0.143. The maximum absolute atomic E-state index is 11.5. The summed E-state index contributed by atoms with van der Waals surface area (Å²) in [4.78, 5) is 13.3. The van der Waals surface area contributed by atoms with E-state index in [2.05, 4.69) is 0 Å². The van der Waals surface area contributed by atoms with Crippen LogP contribution in [0.5, 0.6) is 0 Å². The molecule has 1 N–H and O–H groups in total. The summed E-state index contributed by atoms with van der Waals surface area (Å²) in [7, 11) is 1.83. The van der Waals surface area contributed by atoms with Crippen LogP contribution in [0.4, 0.5) is 0 Å². The third-order valence-corrected chi connectivity index (χ3v) is 3.06. The van der Waals surface area contributed by atoms with E-state index in [-0.39, 0.29) is 0 Å². The summed E-state index contributed by atoms with van der Waals surface area (Å²) in [6.45, 7) is 0.604. The minimum Gasteiger partial charge on any atom is -0.480 e. The van der Waals surface area contributed by atoms with Crippen LogP contribution in [0.15, 0.2) is 60.7 Å². The maximum atomic E-state index is 11.5. The summed E-state index contributed by atoms with van der Waals surface area (Å²) in [6.07, 6.45) is 0. The number of carbonyl (C=O) groups is 1. The lowest BCUT2D eigenvalue weighted by Crippen LogP contribution is -2.30. The Balaban J connectivity index is 2.18. The standard InChI is InChI=1S/C16H17NO2/c1-17(12-13-8-4-2-5-9-13)15(16(18)19)14-10-6-3-7-11-14/h2-11,15H,12H2,1H3,(H,18,19)/t15-/m1/s1. The van der Waals surface area contributed by atoms with Gasteiger partial charge in [-0.05, 0) is 18.2 Å². The molecule has 1 atom stereocenters. The largest absolute Gasteiger partial charge is 0.480 e. The minimum absolute atomic E-state index is 0.604. The first-order chi connectivity index (χ1) is 9.18. The Morgan fingerprint density at radius 2 is 1.58 bits per heavy atom. The summed E-state index contributed by atoms with van der Waals surface area (Å²) in [5.41, 5.74) is 1.90. The smallest absolute Gasteiger partial charge is 0.325 e. The SMILES string of the molecule is CN(Cc1ccccc1)[C@@H](C(=O)O)c1ccccc1. The van der Waals surface area contributed by atoms with E-state index >= 15 is 0 Å². The normalized spacial score (nSPS) is 12.3. The molecule has 98 valence electrons. The number of hydrogen-bond acceptors (Lipinski definition) is 2. The first-order valence-corrected chi connectivity index (χ1v) is 6.20. The van der Waals surface area contributed by atoms with Gasteiger partial charge in [0.05, 0.1) is 0 Å². The Labute approximate surface area is 113 Å². The zero-order valence-electron chi connectivity index (χ0n) is 10.9. The van der Waals surface area contributed by atoms with Gasteiger partial charge in [0.15, 0.2) is 0 Å². The molecule has 2 aromatic carbocycles. The van der Waals surface area contributed by atoms with Crippen LogP contribution in [0.25, 0.3) is 0 Å². The zero-order valence-corrected chi connectivity index (χ0v) is 10.9. The third kappa shape index (κ3) is 3.42. The second-order valence-corrected chi connectivity index (χ2v) is 4.55. The van der Waals surface area contributed by atoms with E-state index in [1.54, 1.807) is 0 Å². The highest BCUT2D eigenvalue weighted by Gasteiger charge is 2.24. The first-order valence-electron chi connectivity index (χ1n) is 6.20. The highest BCUT2D eigenvalue weighted by atomic mass is 16.4. The molecule has 19 heavy (non-hydrogen) atoms. The van der Waals surface area contributed by atoms with Gasteiger partial charge < -0.3 is 5.11 Å². The van der Waals surface area contributed by atoms with E-state index < -0.39 is 12.0 Å². The van der Waals surface area contributed by atoms with E-state index in [0.29, 0.717) is 6.54 Å². The molecule has 3 heteroatoms. The molecule has 0 amide bonds. The Morgan fingerprint density at radius 1 is 1.05 bits per heavy atom. The van der Waals surface area contributed by atoms with Crippen LogP contribution in [-0.4, -0.2) is 23.0 Å². The molecule has 0 bridgehead atoms. The van der Waals surface area contributed by atoms with Crippen LogP contribution in [-0.2, 0) is 11.3 Å². The van der Waals surface area contributed by atoms with Gasteiger partial charge in [-0.1, -0.05) is 60.7 Å². The van der Waals surface area contributed by atoms with E-state index in [4.69, 9.17) is 0 Å². The number of likely N-dealkylation sites (N-methyl/N-ethyl adjacent to an activating group) is 1. The van der Waals surface area contributed by atoms with E-state index in [0.717, 1.165) is 11.1 Å².